The van der Waals surface area contributed by atoms with E-state index < -0.39 is 0 Å². The molecule has 3 nitrogen and oxygen atoms in total. The molecule has 0 amide bonds. The van der Waals surface area contributed by atoms with Gasteiger partial charge in [0.05, 0.1) is 6.10 Å². The van der Waals surface area contributed by atoms with E-state index in [1.165, 1.54) is 0 Å². The van der Waals surface area contributed by atoms with Crippen molar-refractivity contribution in [2.75, 3.05) is 19.6 Å². The zero-order valence-corrected chi connectivity index (χ0v) is 10.3. The molecule has 0 bridgehead atoms. The van der Waals surface area contributed by atoms with Crippen LogP contribution in [0.4, 0.5) is 0 Å². The van der Waals surface area contributed by atoms with Gasteiger partial charge in [0.25, 0.3) is 0 Å². The van der Waals surface area contributed by atoms with Crippen molar-refractivity contribution in [1.82, 2.24) is 10.6 Å². The van der Waals surface area contributed by atoms with Crippen LogP contribution in [0, 0.1) is 11.8 Å². The minimum Gasteiger partial charge on any atom is -0.393 e. The molecule has 1 rings (SSSR count). The van der Waals surface area contributed by atoms with Gasteiger partial charge in [0.2, 0.25) is 0 Å². The molecule has 1 saturated carbocycles. The summed E-state index contributed by atoms with van der Waals surface area (Å²) in [7, 11) is 0. The number of rotatable bonds is 7. The predicted octanol–water partition coefficient (Wildman–Crippen LogP) is 0.981. The lowest BCUT2D eigenvalue weighted by molar-refractivity contribution is 0.0421. The van der Waals surface area contributed by atoms with Crippen molar-refractivity contribution in [3.63, 3.8) is 0 Å². The van der Waals surface area contributed by atoms with Crippen LogP contribution in [0.5, 0.6) is 0 Å². The molecule has 0 aliphatic heterocycles. The molecule has 0 spiro atoms. The Kier molecular flexibility index (Phi) is 5.58. The van der Waals surface area contributed by atoms with Gasteiger partial charge < -0.3 is 15.7 Å². The highest BCUT2D eigenvalue weighted by Gasteiger charge is 2.26. The van der Waals surface area contributed by atoms with Crippen LogP contribution in [0.3, 0.4) is 0 Å². The van der Waals surface area contributed by atoms with Crippen LogP contribution in [-0.2, 0) is 0 Å². The van der Waals surface area contributed by atoms with E-state index in [1.807, 2.05) is 0 Å². The van der Waals surface area contributed by atoms with Gasteiger partial charge in [0, 0.05) is 12.6 Å². The highest BCUT2D eigenvalue weighted by Crippen LogP contribution is 2.26. The molecule has 0 aromatic rings. The second-order valence-electron chi connectivity index (χ2n) is 5.35. The molecule has 0 aromatic carbocycles. The SMILES string of the molecule is CC(C)CNCC(C)NCC1CC(O)C1. The van der Waals surface area contributed by atoms with Crippen LogP contribution in [0.1, 0.15) is 33.6 Å². The molecule has 3 N–H and O–H groups in total. The number of nitrogens with one attached hydrogen (secondary N) is 2. The Labute approximate surface area is 93.6 Å². The van der Waals surface area contributed by atoms with E-state index in [1.54, 1.807) is 0 Å². The fraction of sp³-hybridized carbons (Fsp3) is 1.00. The minimum atomic E-state index is -0.0221. The van der Waals surface area contributed by atoms with Crippen LogP contribution in [0.2, 0.25) is 0 Å². The fourth-order valence-electron chi connectivity index (χ4n) is 1.90. The Bertz CT molecular complexity index is 167. The van der Waals surface area contributed by atoms with E-state index in [0.29, 0.717) is 12.0 Å². The summed E-state index contributed by atoms with van der Waals surface area (Å²) >= 11 is 0. The lowest BCUT2D eigenvalue weighted by Gasteiger charge is -2.32. The Morgan fingerprint density at radius 2 is 1.87 bits per heavy atom. The molecule has 0 radical (unpaired) electrons. The Balaban J connectivity index is 1.92. The van der Waals surface area contributed by atoms with Gasteiger partial charge in [-0.05, 0) is 44.7 Å². The summed E-state index contributed by atoms with van der Waals surface area (Å²) in [5, 5.41) is 16.1. The van der Waals surface area contributed by atoms with Gasteiger partial charge >= 0.3 is 0 Å². The number of hydrogen-bond donors (Lipinski definition) is 3. The summed E-state index contributed by atoms with van der Waals surface area (Å²) in [5.74, 6) is 1.42. The molecule has 1 aliphatic carbocycles. The largest absolute Gasteiger partial charge is 0.393 e. The highest BCUT2D eigenvalue weighted by molar-refractivity contribution is 4.81. The van der Waals surface area contributed by atoms with Crippen molar-refractivity contribution in [1.29, 1.82) is 0 Å². The third kappa shape index (κ3) is 5.50. The minimum absolute atomic E-state index is 0.0221. The molecule has 15 heavy (non-hydrogen) atoms. The zero-order valence-electron chi connectivity index (χ0n) is 10.3. The van der Waals surface area contributed by atoms with E-state index in [2.05, 4.69) is 31.4 Å². The van der Waals surface area contributed by atoms with Crippen molar-refractivity contribution in [2.45, 2.75) is 45.8 Å². The first-order valence-corrected chi connectivity index (χ1v) is 6.20. The molecular formula is C12H26N2O. The monoisotopic (exact) mass is 214 g/mol. The van der Waals surface area contributed by atoms with Crippen molar-refractivity contribution in [3.8, 4) is 0 Å². The first-order valence-electron chi connectivity index (χ1n) is 6.20. The van der Waals surface area contributed by atoms with Crippen molar-refractivity contribution >= 4 is 0 Å². The van der Waals surface area contributed by atoms with E-state index in [4.69, 9.17) is 5.11 Å². The van der Waals surface area contributed by atoms with Crippen molar-refractivity contribution in [3.05, 3.63) is 0 Å². The lowest BCUT2D eigenvalue weighted by Crippen LogP contribution is -2.43. The maximum Gasteiger partial charge on any atom is 0.0546 e. The van der Waals surface area contributed by atoms with Gasteiger partial charge in [-0.3, -0.25) is 0 Å². The molecule has 0 aromatic heterocycles. The van der Waals surface area contributed by atoms with Gasteiger partial charge in [-0.25, -0.2) is 0 Å². The maximum atomic E-state index is 9.15. The highest BCUT2D eigenvalue weighted by atomic mass is 16.3. The summed E-state index contributed by atoms with van der Waals surface area (Å²) in [6.45, 7) is 9.84. The molecule has 1 unspecified atom stereocenters. The van der Waals surface area contributed by atoms with Gasteiger partial charge in [-0.2, -0.15) is 0 Å². The van der Waals surface area contributed by atoms with Gasteiger partial charge in [0.1, 0.15) is 0 Å². The molecule has 90 valence electrons. The molecule has 1 atom stereocenters. The zero-order chi connectivity index (χ0) is 11.3. The van der Waals surface area contributed by atoms with Crippen LogP contribution >= 0.6 is 0 Å². The molecule has 1 aliphatic rings. The molecular weight excluding hydrogens is 188 g/mol. The molecule has 0 heterocycles. The standard InChI is InChI=1S/C12H26N2O/c1-9(2)6-13-7-10(3)14-8-11-4-12(15)5-11/h9-15H,4-8H2,1-3H3. The lowest BCUT2D eigenvalue weighted by atomic mass is 9.82. The quantitative estimate of drug-likeness (QED) is 0.592. The summed E-state index contributed by atoms with van der Waals surface area (Å²) in [6.07, 6.45) is 1.95. The topological polar surface area (TPSA) is 44.3 Å². The van der Waals surface area contributed by atoms with Crippen LogP contribution < -0.4 is 10.6 Å². The number of hydrogen-bond acceptors (Lipinski definition) is 3. The van der Waals surface area contributed by atoms with Gasteiger partial charge in [-0.1, -0.05) is 13.8 Å². The second kappa shape index (κ2) is 6.46. The average molecular weight is 214 g/mol. The predicted molar refractivity (Wildman–Crippen MR) is 63.9 cm³/mol. The third-order valence-electron chi connectivity index (χ3n) is 2.97. The normalized spacial score (nSPS) is 27.8. The van der Waals surface area contributed by atoms with E-state index >= 15 is 0 Å². The molecule has 1 fully saturated rings. The number of aliphatic hydroxyl groups excluding tert-OH is 1. The van der Waals surface area contributed by atoms with Crippen LogP contribution in [0.15, 0.2) is 0 Å². The summed E-state index contributed by atoms with van der Waals surface area (Å²) < 4.78 is 0. The van der Waals surface area contributed by atoms with Crippen LogP contribution in [0.25, 0.3) is 0 Å². The van der Waals surface area contributed by atoms with Crippen molar-refractivity contribution < 1.29 is 5.11 Å². The smallest absolute Gasteiger partial charge is 0.0546 e. The van der Waals surface area contributed by atoms with E-state index in [9.17, 15) is 0 Å². The first kappa shape index (κ1) is 12.9. The van der Waals surface area contributed by atoms with Crippen molar-refractivity contribution in [2.24, 2.45) is 11.8 Å². The van der Waals surface area contributed by atoms with E-state index in [-0.39, 0.29) is 6.10 Å². The maximum absolute atomic E-state index is 9.15. The second-order valence-corrected chi connectivity index (χ2v) is 5.35. The Morgan fingerprint density at radius 1 is 1.20 bits per heavy atom. The summed E-state index contributed by atoms with van der Waals surface area (Å²) in [6, 6.07) is 0.529. The van der Waals surface area contributed by atoms with Crippen LogP contribution in [-0.4, -0.2) is 36.9 Å². The molecule has 0 saturated heterocycles. The number of aliphatic hydroxyl groups is 1. The Hall–Kier alpha value is -0.120. The Morgan fingerprint density at radius 3 is 2.40 bits per heavy atom. The summed E-state index contributed by atoms with van der Waals surface area (Å²) in [4.78, 5) is 0. The van der Waals surface area contributed by atoms with E-state index in [0.717, 1.165) is 38.4 Å². The summed E-state index contributed by atoms with van der Waals surface area (Å²) in [5.41, 5.74) is 0. The fourth-order valence-corrected chi connectivity index (χ4v) is 1.90. The average Bonchev–Trinajstić information content (AvgIpc) is 2.10. The van der Waals surface area contributed by atoms with Gasteiger partial charge in [0.15, 0.2) is 0 Å². The third-order valence-corrected chi connectivity index (χ3v) is 2.97. The molecule has 3 heteroatoms. The first-order chi connectivity index (χ1) is 7.08. The van der Waals surface area contributed by atoms with Gasteiger partial charge in [-0.15, -0.1) is 0 Å².